The molecule has 0 aromatic heterocycles. The molecule has 0 radical (unpaired) electrons. The summed E-state index contributed by atoms with van der Waals surface area (Å²) in [5.41, 5.74) is 1.18. The second-order valence-electron chi connectivity index (χ2n) is 3.22. The fourth-order valence-electron chi connectivity index (χ4n) is 1.60. The van der Waals surface area contributed by atoms with Crippen molar-refractivity contribution in [1.82, 2.24) is 0 Å². The Morgan fingerprint density at radius 2 is 2.07 bits per heavy atom. The third-order valence-corrected chi connectivity index (χ3v) is 3.08. The van der Waals surface area contributed by atoms with Crippen LogP contribution in [0.1, 0.15) is 0 Å². The van der Waals surface area contributed by atoms with Crippen LogP contribution >= 0.6 is 11.8 Å². The summed E-state index contributed by atoms with van der Waals surface area (Å²) in [4.78, 5) is 6.66. The molecule has 4 heteroatoms. The zero-order valence-corrected chi connectivity index (χ0v) is 9.75. The van der Waals surface area contributed by atoms with E-state index in [0.29, 0.717) is 0 Å². The number of aliphatic imine (C=N–C) groups is 1. The van der Waals surface area contributed by atoms with Gasteiger partial charge in [0.1, 0.15) is 5.75 Å². The molecule has 0 bridgehead atoms. The van der Waals surface area contributed by atoms with Gasteiger partial charge in [-0.25, -0.2) is 0 Å². The largest absolute Gasteiger partial charge is 0.497 e. The summed E-state index contributed by atoms with van der Waals surface area (Å²) in [6.45, 7) is 1.87. The van der Waals surface area contributed by atoms with Crippen LogP contribution in [0.25, 0.3) is 0 Å². The molecule has 0 fully saturated rings. The van der Waals surface area contributed by atoms with Crippen molar-refractivity contribution in [1.29, 1.82) is 0 Å². The summed E-state index contributed by atoms with van der Waals surface area (Å²) in [6.07, 6.45) is 2.06. The molecular weight excluding hydrogens is 208 g/mol. The number of anilines is 1. The Bertz CT molecular complexity index is 361. The minimum absolute atomic E-state index is 0.889. The first kappa shape index (κ1) is 10.4. The van der Waals surface area contributed by atoms with Gasteiger partial charge < -0.3 is 9.64 Å². The van der Waals surface area contributed by atoms with Crippen LogP contribution in [-0.4, -0.2) is 31.6 Å². The number of hydrogen-bond acceptors (Lipinski definition) is 4. The van der Waals surface area contributed by atoms with Crippen LogP contribution in [0.2, 0.25) is 0 Å². The lowest BCUT2D eigenvalue weighted by Gasteiger charge is -2.18. The number of ether oxygens (including phenoxy) is 1. The van der Waals surface area contributed by atoms with Gasteiger partial charge in [0.25, 0.3) is 0 Å². The molecule has 15 heavy (non-hydrogen) atoms. The smallest absolute Gasteiger partial charge is 0.163 e. The van der Waals surface area contributed by atoms with E-state index in [-0.39, 0.29) is 0 Å². The number of rotatable bonds is 2. The van der Waals surface area contributed by atoms with E-state index in [9.17, 15) is 0 Å². The first-order valence-electron chi connectivity index (χ1n) is 4.85. The summed E-state index contributed by atoms with van der Waals surface area (Å²) in [5, 5.41) is 1.10. The zero-order chi connectivity index (χ0) is 10.7. The number of methoxy groups -OCH3 is 1. The molecule has 0 unspecified atom stereocenters. The molecule has 1 heterocycles. The molecule has 0 saturated carbocycles. The number of amidine groups is 1. The Hall–Kier alpha value is -1.16. The molecular formula is C11H14N2OS. The molecule has 0 atom stereocenters. The lowest BCUT2D eigenvalue weighted by molar-refractivity contribution is 0.415. The van der Waals surface area contributed by atoms with E-state index in [4.69, 9.17) is 4.74 Å². The van der Waals surface area contributed by atoms with Crippen LogP contribution in [0, 0.1) is 0 Å². The van der Waals surface area contributed by atoms with Gasteiger partial charge >= 0.3 is 0 Å². The van der Waals surface area contributed by atoms with Crippen LogP contribution in [-0.2, 0) is 0 Å². The van der Waals surface area contributed by atoms with Gasteiger partial charge in [0.15, 0.2) is 5.17 Å². The summed E-state index contributed by atoms with van der Waals surface area (Å²) in [5.74, 6) is 0.889. The molecule has 2 rings (SSSR count). The van der Waals surface area contributed by atoms with E-state index in [1.54, 1.807) is 18.9 Å². The van der Waals surface area contributed by atoms with Crippen LogP contribution in [0.4, 0.5) is 5.69 Å². The number of nitrogens with zero attached hydrogens (tertiary/aromatic N) is 2. The minimum Gasteiger partial charge on any atom is -0.497 e. The maximum atomic E-state index is 5.13. The van der Waals surface area contributed by atoms with Gasteiger partial charge in [0.2, 0.25) is 0 Å². The Labute approximate surface area is 94.1 Å². The fourth-order valence-corrected chi connectivity index (χ4v) is 2.24. The van der Waals surface area contributed by atoms with Gasteiger partial charge in [-0.2, -0.15) is 0 Å². The SMILES string of the molecule is COc1ccc(N2CCN=C2SC)cc1. The lowest BCUT2D eigenvalue weighted by Crippen LogP contribution is -2.24. The molecule has 0 saturated heterocycles. The normalized spacial score (nSPS) is 15.3. The molecule has 1 aromatic carbocycles. The number of benzene rings is 1. The molecule has 0 amide bonds. The summed E-state index contributed by atoms with van der Waals surface area (Å²) < 4.78 is 5.13. The van der Waals surface area contributed by atoms with Gasteiger partial charge in [0, 0.05) is 12.2 Å². The average Bonchev–Trinajstić information content (AvgIpc) is 2.77. The molecule has 1 aliphatic rings. The Morgan fingerprint density at radius 3 is 2.67 bits per heavy atom. The molecule has 1 aromatic rings. The molecule has 0 aliphatic carbocycles. The molecule has 0 spiro atoms. The second kappa shape index (κ2) is 4.57. The summed E-state index contributed by atoms with van der Waals surface area (Å²) >= 11 is 1.69. The third-order valence-electron chi connectivity index (χ3n) is 2.37. The topological polar surface area (TPSA) is 24.8 Å². The molecule has 1 aliphatic heterocycles. The maximum Gasteiger partial charge on any atom is 0.163 e. The fraction of sp³-hybridized carbons (Fsp3) is 0.364. The summed E-state index contributed by atoms with van der Waals surface area (Å²) in [7, 11) is 1.68. The third kappa shape index (κ3) is 2.09. The maximum absolute atomic E-state index is 5.13. The van der Waals surface area contributed by atoms with Crippen molar-refractivity contribution in [3.05, 3.63) is 24.3 Å². The highest BCUT2D eigenvalue weighted by Crippen LogP contribution is 2.23. The van der Waals surface area contributed by atoms with E-state index in [0.717, 1.165) is 24.0 Å². The van der Waals surface area contributed by atoms with Crippen molar-refractivity contribution >= 4 is 22.6 Å². The van der Waals surface area contributed by atoms with E-state index in [1.807, 2.05) is 12.1 Å². The highest BCUT2D eigenvalue weighted by atomic mass is 32.2. The van der Waals surface area contributed by atoms with Crippen molar-refractivity contribution in [2.24, 2.45) is 4.99 Å². The molecule has 0 N–H and O–H groups in total. The molecule has 3 nitrogen and oxygen atoms in total. The van der Waals surface area contributed by atoms with Crippen LogP contribution in [0.3, 0.4) is 0 Å². The van der Waals surface area contributed by atoms with E-state index in [1.165, 1.54) is 5.69 Å². The standard InChI is InChI=1S/C11H14N2OS/c1-14-10-5-3-9(4-6-10)13-8-7-12-11(13)15-2/h3-6H,7-8H2,1-2H3. The van der Waals surface area contributed by atoms with Crippen molar-refractivity contribution in [2.75, 3.05) is 31.4 Å². The Kier molecular flexibility index (Phi) is 3.16. The Balaban J connectivity index is 2.19. The monoisotopic (exact) mass is 222 g/mol. The van der Waals surface area contributed by atoms with Gasteiger partial charge in [0.05, 0.1) is 13.7 Å². The highest BCUT2D eigenvalue weighted by molar-refractivity contribution is 8.13. The van der Waals surface area contributed by atoms with Crippen molar-refractivity contribution < 1.29 is 4.74 Å². The lowest BCUT2D eigenvalue weighted by atomic mass is 10.3. The number of thioether (sulfide) groups is 1. The van der Waals surface area contributed by atoms with Gasteiger partial charge in [-0.1, -0.05) is 11.8 Å². The van der Waals surface area contributed by atoms with Gasteiger partial charge in [-0.15, -0.1) is 0 Å². The van der Waals surface area contributed by atoms with Crippen LogP contribution in [0.5, 0.6) is 5.75 Å². The average molecular weight is 222 g/mol. The first-order valence-corrected chi connectivity index (χ1v) is 6.07. The van der Waals surface area contributed by atoms with Gasteiger partial charge in [-0.3, -0.25) is 4.99 Å². The summed E-state index contributed by atoms with van der Waals surface area (Å²) in [6, 6.07) is 8.09. The zero-order valence-electron chi connectivity index (χ0n) is 8.93. The molecule has 80 valence electrons. The first-order chi connectivity index (χ1) is 7.35. The van der Waals surface area contributed by atoms with E-state index < -0.39 is 0 Å². The van der Waals surface area contributed by atoms with Crippen LogP contribution < -0.4 is 9.64 Å². The van der Waals surface area contributed by atoms with E-state index in [2.05, 4.69) is 28.3 Å². The predicted octanol–water partition coefficient (Wildman–Crippen LogP) is 2.23. The Morgan fingerprint density at radius 1 is 1.33 bits per heavy atom. The van der Waals surface area contributed by atoms with Crippen molar-refractivity contribution in [3.8, 4) is 5.75 Å². The highest BCUT2D eigenvalue weighted by Gasteiger charge is 2.17. The second-order valence-corrected chi connectivity index (χ2v) is 3.99. The van der Waals surface area contributed by atoms with Crippen molar-refractivity contribution in [2.45, 2.75) is 0 Å². The van der Waals surface area contributed by atoms with Gasteiger partial charge in [-0.05, 0) is 30.5 Å². The van der Waals surface area contributed by atoms with Crippen molar-refractivity contribution in [3.63, 3.8) is 0 Å². The predicted molar refractivity (Wildman–Crippen MR) is 66.2 cm³/mol. The quantitative estimate of drug-likeness (QED) is 0.767. The minimum atomic E-state index is 0.889. The number of hydrogen-bond donors (Lipinski definition) is 0. The van der Waals surface area contributed by atoms with E-state index >= 15 is 0 Å². The van der Waals surface area contributed by atoms with Crippen LogP contribution in [0.15, 0.2) is 29.3 Å².